The predicted molar refractivity (Wildman–Crippen MR) is 100 cm³/mol. The fourth-order valence-electron chi connectivity index (χ4n) is 3.32. The molecule has 2 amide bonds. The zero-order valence-electron chi connectivity index (χ0n) is 14.8. The molecular formula is C18H24N4O2S. The second-order valence-corrected chi connectivity index (χ2v) is 7.47. The normalized spacial score (nSPS) is 18.7. The van der Waals surface area contributed by atoms with Gasteiger partial charge in [0, 0.05) is 6.54 Å². The van der Waals surface area contributed by atoms with E-state index in [4.69, 9.17) is 0 Å². The molecule has 2 aromatic rings. The highest BCUT2D eigenvalue weighted by atomic mass is 32.2. The largest absolute Gasteiger partial charge is 0.340 e. The van der Waals surface area contributed by atoms with Crippen molar-refractivity contribution in [1.82, 2.24) is 20.2 Å². The summed E-state index contributed by atoms with van der Waals surface area (Å²) in [6.45, 7) is 4.60. The molecular weight excluding hydrogens is 336 g/mol. The number of carbonyl (C=O) groups is 2. The minimum Gasteiger partial charge on any atom is -0.340 e. The molecule has 2 unspecified atom stereocenters. The van der Waals surface area contributed by atoms with Gasteiger partial charge in [-0.1, -0.05) is 37.7 Å². The number of para-hydroxylation sites is 2. The molecule has 1 fully saturated rings. The van der Waals surface area contributed by atoms with Crippen molar-refractivity contribution in [3.8, 4) is 0 Å². The summed E-state index contributed by atoms with van der Waals surface area (Å²) in [5.74, 6) is 0.826. The minimum atomic E-state index is -0.509. The number of fused-ring (bicyclic) bond motifs is 1. The molecule has 2 N–H and O–H groups in total. The van der Waals surface area contributed by atoms with Gasteiger partial charge in [0.1, 0.15) is 11.9 Å². The molecule has 1 aliphatic rings. The Hall–Kier alpha value is -2.02. The summed E-state index contributed by atoms with van der Waals surface area (Å²) in [5, 5.41) is 2.67. The third-order valence-electron chi connectivity index (χ3n) is 4.65. The Labute approximate surface area is 151 Å². The summed E-state index contributed by atoms with van der Waals surface area (Å²) in [7, 11) is 0. The standard InChI is InChI=1S/C18H24N4O2S/c1-11(2)15(21-18(24)25-3)17(23)22-10-6-9-14(22)16-19-12-7-4-5-8-13(12)20-16/h4-5,7-8,11,14-15H,6,9-10H2,1-3H3,(H,19,20)(H,21,24). The Kier molecular flexibility index (Phi) is 5.32. The highest BCUT2D eigenvalue weighted by molar-refractivity contribution is 8.12. The quantitative estimate of drug-likeness (QED) is 0.877. The monoisotopic (exact) mass is 360 g/mol. The van der Waals surface area contributed by atoms with E-state index in [2.05, 4.69) is 15.3 Å². The average Bonchev–Trinajstić information content (AvgIpc) is 3.24. The zero-order chi connectivity index (χ0) is 18.0. The van der Waals surface area contributed by atoms with Crippen molar-refractivity contribution in [1.29, 1.82) is 0 Å². The molecule has 0 aliphatic carbocycles. The zero-order valence-corrected chi connectivity index (χ0v) is 15.6. The number of rotatable bonds is 4. The highest BCUT2D eigenvalue weighted by Gasteiger charge is 2.37. The Bertz CT molecular complexity index is 740. The lowest BCUT2D eigenvalue weighted by Crippen LogP contribution is -2.50. The van der Waals surface area contributed by atoms with Crippen LogP contribution in [0.5, 0.6) is 0 Å². The Morgan fingerprint density at radius 1 is 1.36 bits per heavy atom. The number of aromatic amines is 1. The summed E-state index contributed by atoms with van der Waals surface area (Å²) < 4.78 is 0. The molecule has 7 heteroatoms. The fourth-order valence-corrected chi connectivity index (χ4v) is 3.57. The lowest BCUT2D eigenvalue weighted by Gasteiger charge is -2.30. The summed E-state index contributed by atoms with van der Waals surface area (Å²) in [4.78, 5) is 34.8. The van der Waals surface area contributed by atoms with Crippen molar-refractivity contribution in [3.05, 3.63) is 30.1 Å². The molecule has 0 radical (unpaired) electrons. The molecule has 0 spiro atoms. The van der Waals surface area contributed by atoms with E-state index in [-0.39, 0.29) is 23.1 Å². The summed E-state index contributed by atoms with van der Waals surface area (Å²) in [6.07, 6.45) is 3.53. The number of benzene rings is 1. The lowest BCUT2D eigenvalue weighted by molar-refractivity contribution is -0.135. The molecule has 0 bridgehead atoms. The maximum Gasteiger partial charge on any atom is 0.279 e. The molecule has 1 aromatic carbocycles. The first-order valence-electron chi connectivity index (χ1n) is 8.61. The molecule has 1 aliphatic heterocycles. The van der Waals surface area contributed by atoms with E-state index in [9.17, 15) is 9.59 Å². The molecule has 1 saturated heterocycles. The van der Waals surface area contributed by atoms with Crippen LogP contribution in [0.15, 0.2) is 24.3 Å². The second-order valence-electron chi connectivity index (χ2n) is 6.69. The fraction of sp³-hybridized carbons (Fsp3) is 0.500. The number of carbonyl (C=O) groups excluding carboxylic acids is 2. The van der Waals surface area contributed by atoms with E-state index in [0.717, 1.165) is 41.5 Å². The van der Waals surface area contributed by atoms with Gasteiger partial charge in [-0.15, -0.1) is 0 Å². The van der Waals surface area contributed by atoms with Gasteiger partial charge in [-0.3, -0.25) is 9.59 Å². The number of likely N-dealkylation sites (tertiary alicyclic amines) is 1. The minimum absolute atomic E-state index is 0.0274. The number of imidazole rings is 1. The van der Waals surface area contributed by atoms with E-state index in [1.807, 2.05) is 43.0 Å². The van der Waals surface area contributed by atoms with Gasteiger partial charge in [0.2, 0.25) is 5.91 Å². The van der Waals surface area contributed by atoms with E-state index in [0.29, 0.717) is 6.54 Å². The van der Waals surface area contributed by atoms with Crippen LogP contribution >= 0.6 is 11.8 Å². The van der Waals surface area contributed by atoms with Crippen molar-refractivity contribution in [3.63, 3.8) is 0 Å². The first-order valence-corrected chi connectivity index (χ1v) is 9.83. The average molecular weight is 360 g/mol. The number of thioether (sulfide) groups is 1. The van der Waals surface area contributed by atoms with Crippen LogP contribution in [0.4, 0.5) is 4.79 Å². The SMILES string of the molecule is CSC(=O)NC(C(=O)N1CCCC1c1nc2ccccc2[nH]1)C(C)C. The molecule has 1 aromatic heterocycles. The van der Waals surface area contributed by atoms with Crippen LogP contribution in [-0.2, 0) is 4.79 Å². The van der Waals surface area contributed by atoms with Crippen molar-refractivity contribution in [2.24, 2.45) is 5.92 Å². The van der Waals surface area contributed by atoms with Crippen molar-refractivity contribution >= 4 is 33.9 Å². The van der Waals surface area contributed by atoms with Crippen LogP contribution in [0.1, 0.15) is 38.6 Å². The molecule has 25 heavy (non-hydrogen) atoms. The van der Waals surface area contributed by atoms with Gasteiger partial charge in [0.25, 0.3) is 5.24 Å². The summed E-state index contributed by atoms with van der Waals surface area (Å²) in [5.41, 5.74) is 1.89. The maximum atomic E-state index is 13.1. The van der Waals surface area contributed by atoms with Crippen molar-refractivity contribution in [2.75, 3.05) is 12.8 Å². The Balaban J connectivity index is 1.84. The number of hydrogen-bond donors (Lipinski definition) is 2. The van der Waals surface area contributed by atoms with Crippen LogP contribution < -0.4 is 5.32 Å². The number of amides is 2. The van der Waals surface area contributed by atoms with Crippen molar-refractivity contribution in [2.45, 2.75) is 38.8 Å². The van der Waals surface area contributed by atoms with E-state index in [1.165, 1.54) is 0 Å². The molecule has 3 rings (SSSR count). The number of aromatic nitrogens is 2. The molecule has 0 saturated carbocycles. The topological polar surface area (TPSA) is 78.1 Å². The van der Waals surface area contributed by atoms with Gasteiger partial charge in [-0.2, -0.15) is 0 Å². The molecule has 134 valence electrons. The van der Waals surface area contributed by atoms with E-state index >= 15 is 0 Å². The predicted octanol–water partition coefficient (Wildman–Crippen LogP) is 3.32. The lowest BCUT2D eigenvalue weighted by atomic mass is 10.0. The van der Waals surface area contributed by atoms with Crippen LogP contribution in [0.2, 0.25) is 0 Å². The number of nitrogens with one attached hydrogen (secondary N) is 2. The van der Waals surface area contributed by atoms with Crippen LogP contribution in [0.25, 0.3) is 11.0 Å². The van der Waals surface area contributed by atoms with Crippen LogP contribution in [-0.4, -0.2) is 44.9 Å². The molecule has 2 heterocycles. The smallest absolute Gasteiger partial charge is 0.279 e. The maximum absolute atomic E-state index is 13.1. The third-order valence-corrected chi connectivity index (χ3v) is 5.14. The molecule has 2 atom stereocenters. The molecule has 6 nitrogen and oxygen atoms in total. The Morgan fingerprint density at radius 2 is 2.12 bits per heavy atom. The first-order chi connectivity index (χ1) is 12.0. The summed E-state index contributed by atoms with van der Waals surface area (Å²) >= 11 is 1.09. The Morgan fingerprint density at radius 3 is 2.80 bits per heavy atom. The second kappa shape index (κ2) is 7.47. The number of hydrogen-bond acceptors (Lipinski definition) is 4. The third kappa shape index (κ3) is 3.66. The van der Waals surface area contributed by atoms with Gasteiger partial charge in [0.15, 0.2) is 0 Å². The number of nitrogens with zero attached hydrogens (tertiary/aromatic N) is 2. The van der Waals surface area contributed by atoms with E-state index < -0.39 is 6.04 Å². The van der Waals surface area contributed by atoms with Crippen molar-refractivity contribution < 1.29 is 9.59 Å². The highest BCUT2D eigenvalue weighted by Crippen LogP contribution is 2.32. The number of H-pyrrole nitrogens is 1. The van der Waals surface area contributed by atoms with Gasteiger partial charge in [-0.25, -0.2) is 4.98 Å². The van der Waals surface area contributed by atoms with Crippen LogP contribution in [0, 0.1) is 5.92 Å². The van der Waals surface area contributed by atoms with Crippen LogP contribution in [0.3, 0.4) is 0 Å². The van der Waals surface area contributed by atoms with E-state index in [1.54, 1.807) is 6.26 Å². The van der Waals surface area contributed by atoms with Gasteiger partial charge in [0.05, 0.1) is 17.1 Å². The van der Waals surface area contributed by atoms with Gasteiger partial charge >= 0.3 is 0 Å². The summed E-state index contributed by atoms with van der Waals surface area (Å²) in [6, 6.07) is 7.30. The van der Waals surface area contributed by atoms with Gasteiger partial charge in [-0.05, 0) is 37.1 Å². The first kappa shape index (κ1) is 17.8. The van der Waals surface area contributed by atoms with Gasteiger partial charge < -0.3 is 15.2 Å².